The van der Waals surface area contributed by atoms with Crippen molar-refractivity contribution in [3.8, 4) is 0 Å². The van der Waals surface area contributed by atoms with Gasteiger partial charge in [-0.3, -0.25) is 0 Å². The Balaban J connectivity index is 5.38. The predicted molar refractivity (Wildman–Crippen MR) is 50.3 cm³/mol. The summed E-state index contributed by atoms with van der Waals surface area (Å²) in [5.41, 5.74) is 0. The summed E-state index contributed by atoms with van der Waals surface area (Å²) in [5, 5.41) is 0. The molecule has 0 saturated heterocycles. The lowest BCUT2D eigenvalue weighted by molar-refractivity contribution is -0.361. The Kier molecular flexibility index (Phi) is 5.63. The first-order chi connectivity index (χ1) is 9.77. The quantitative estimate of drug-likeness (QED) is 0.484. The second kappa shape index (κ2) is 5.87. The molecule has 0 rings (SSSR count). The maximum absolute atomic E-state index is 13.0. The standard InChI is InChI=1S/C10H9F13/c1-2-5(11,12)8(17,18)6(13,14)3-4-7(15,16)9(19,20)10(21,22)23/h2-4H2,1H3. The van der Waals surface area contributed by atoms with Gasteiger partial charge >= 0.3 is 35.8 Å². The predicted octanol–water partition coefficient (Wildman–Crippen LogP) is 5.92. The van der Waals surface area contributed by atoms with Crippen molar-refractivity contribution in [2.75, 3.05) is 0 Å². The molecule has 140 valence electrons. The van der Waals surface area contributed by atoms with Crippen LogP contribution in [-0.4, -0.2) is 35.8 Å². The van der Waals surface area contributed by atoms with Crippen LogP contribution in [0.15, 0.2) is 0 Å². The highest BCUT2D eigenvalue weighted by Gasteiger charge is 2.75. The minimum absolute atomic E-state index is 0.358. The van der Waals surface area contributed by atoms with Crippen LogP contribution in [0.4, 0.5) is 57.1 Å². The van der Waals surface area contributed by atoms with Crippen LogP contribution >= 0.6 is 0 Å². The van der Waals surface area contributed by atoms with E-state index in [9.17, 15) is 57.1 Å². The van der Waals surface area contributed by atoms with Gasteiger partial charge < -0.3 is 0 Å². The summed E-state index contributed by atoms with van der Waals surface area (Å²) < 4.78 is 163. The minimum Gasteiger partial charge on any atom is -0.200 e. The van der Waals surface area contributed by atoms with Gasteiger partial charge in [-0.05, 0) is 0 Å². The lowest BCUT2D eigenvalue weighted by Crippen LogP contribution is -2.56. The lowest BCUT2D eigenvalue weighted by atomic mass is 9.95. The number of halogens is 13. The first-order valence-electron chi connectivity index (χ1n) is 5.72. The van der Waals surface area contributed by atoms with Gasteiger partial charge in [0.2, 0.25) is 0 Å². The third-order valence-electron chi connectivity index (χ3n) is 2.93. The van der Waals surface area contributed by atoms with E-state index in [1.54, 1.807) is 0 Å². The van der Waals surface area contributed by atoms with Gasteiger partial charge in [-0.25, -0.2) is 0 Å². The van der Waals surface area contributed by atoms with Gasteiger partial charge in [0.25, 0.3) is 0 Å². The Bertz CT molecular complexity index is 405. The van der Waals surface area contributed by atoms with Gasteiger partial charge in [-0.15, -0.1) is 0 Å². The number of rotatable bonds is 7. The number of hydrogen-bond donors (Lipinski definition) is 0. The summed E-state index contributed by atoms with van der Waals surface area (Å²) in [4.78, 5) is 0. The number of alkyl halides is 13. The largest absolute Gasteiger partial charge is 0.459 e. The summed E-state index contributed by atoms with van der Waals surface area (Å²) in [6.07, 6.45) is -14.8. The fraction of sp³-hybridized carbons (Fsp3) is 1.00. The molecule has 0 spiro atoms. The highest BCUT2D eigenvalue weighted by atomic mass is 19.4. The molecule has 0 atom stereocenters. The van der Waals surface area contributed by atoms with Crippen molar-refractivity contribution >= 4 is 0 Å². The van der Waals surface area contributed by atoms with Crippen LogP contribution in [-0.2, 0) is 0 Å². The van der Waals surface area contributed by atoms with Crippen molar-refractivity contribution in [1.29, 1.82) is 0 Å². The van der Waals surface area contributed by atoms with E-state index in [1.165, 1.54) is 0 Å². The Morgan fingerprint density at radius 1 is 0.478 bits per heavy atom. The topological polar surface area (TPSA) is 0 Å². The molecular weight excluding hydrogens is 367 g/mol. The Labute approximate surface area is 120 Å². The van der Waals surface area contributed by atoms with Gasteiger partial charge in [-0.2, -0.15) is 57.1 Å². The normalized spacial score (nSPS) is 15.9. The van der Waals surface area contributed by atoms with E-state index < -0.39 is 55.1 Å². The molecule has 0 fully saturated rings. The van der Waals surface area contributed by atoms with E-state index in [4.69, 9.17) is 0 Å². The van der Waals surface area contributed by atoms with Crippen LogP contribution in [0, 0.1) is 0 Å². The van der Waals surface area contributed by atoms with E-state index in [0.29, 0.717) is 6.92 Å². The fourth-order valence-corrected chi connectivity index (χ4v) is 1.32. The van der Waals surface area contributed by atoms with Crippen LogP contribution in [0.2, 0.25) is 0 Å². The molecular formula is C10H9F13. The molecule has 0 aromatic heterocycles. The number of hydrogen-bond acceptors (Lipinski definition) is 0. The van der Waals surface area contributed by atoms with Gasteiger partial charge in [-0.1, -0.05) is 6.92 Å². The molecule has 0 aromatic carbocycles. The maximum Gasteiger partial charge on any atom is 0.459 e. The molecule has 0 N–H and O–H groups in total. The van der Waals surface area contributed by atoms with Crippen molar-refractivity contribution in [2.45, 2.75) is 62.0 Å². The molecule has 0 aliphatic carbocycles. The smallest absolute Gasteiger partial charge is 0.200 e. The monoisotopic (exact) mass is 376 g/mol. The summed E-state index contributed by atoms with van der Waals surface area (Å²) in [6.45, 7) is 0.358. The lowest BCUT2D eigenvalue weighted by Gasteiger charge is -2.34. The molecule has 0 aliphatic heterocycles. The molecule has 0 nitrogen and oxygen atoms in total. The third kappa shape index (κ3) is 3.78. The van der Waals surface area contributed by atoms with Crippen LogP contribution < -0.4 is 0 Å². The molecule has 0 bridgehead atoms. The van der Waals surface area contributed by atoms with Crippen LogP contribution in [0.5, 0.6) is 0 Å². The van der Waals surface area contributed by atoms with Gasteiger partial charge in [0.15, 0.2) is 0 Å². The highest BCUT2D eigenvalue weighted by Crippen LogP contribution is 2.53. The minimum atomic E-state index is -6.85. The maximum atomic E-state index is 13.0. The molecule has 23 heavy (non-hydrogen) atoms. The molecule has 0 aromatic rings. The molecule has 13 heteroatoms. The SMILES string of the molecule is CCC(F)(F)C(F)(F)C(F)(F)CCC(F)(F)C(F)(F)C(F)(F)F. The van der Waals surface area contributed by atoms with Crippen molar-refractivity contribution < 1.29 is 57.1 Å². The van der Waals surface area contributed by atoms with Crippen molar-refractivity contribution in [1.82, 2.24) is 0 Å². The van der Waals surface area contributed by atoms with E-state index >= 15 is 0 Å². The Morgan fingerprint density at radius 3 is 1.04 bits per heavy atom. The average molecular weight is 376 g/mol. The zero-order chi connectivity index (χ0) is 19.1. The molecule has 0 saturated carbocycles. The van der Waals surface area contributed by atoms with E-state index in [2.05, 4.69) is 0 Å². The average Bonchev–Trinajstić information content (AvgIpc) is 2.34. The van der Waals surface area contributed by atoms with Crippen LogP contribution in [0.3, 0.4) is 0 Å². The van der Waals surface area contributed by atoms with Gasteiger partial charge in [0.05, 0.1) is 0 Å². The highest BCUT2D eigenvalue weighted by molar-refractivity contribution is 4.98. The van der Waals surface area contributed by atoms with E-state index in [1.807, 2.05) is 0 Å². The second-order valence-corrected chi connectivity index (χ2v) is 4.61. The van der Waals surface area contributed by atoms with E-state index in [0.717, 1.165) is 0 Å². The van der Waals surface area contributed by atoms with Crippen LogP contribution in [0.1, 0.15) is 26.2 Å². The van der Waals surface area contributed by atoms with Crippen LogP contribution in [0.25, 0.3) is 0 Å². The summed E-state index contributed by atoms with van der Waals surface area (Å²) in [6, 6.07) is 0. The second-order valence-electron chi connectivity index (χ2n) is 4.61. The molecule has 0 aliphatic rings. The van der Waals surface area contributed by atoms with Gasteiger partial charge in [0, 0.05) is 19.3 Å². The molecule has 0 unspecified atom stereocenters. The third-order valence-corrected chi connectivity index (χ3v) is 2.93. The Hall–Kier alpha value is -0.910. The van der Waals surface area contributed by atoms with Gasteiger partial charge in [0.1, 0.15) is 0 Å². The van der Waals surface area contributed by atoms with Crippen molar-refractivity contribution in [3.63, 3.8) is 0 Å². The zero-order valence-electron chi connectivity index (χ0n) is 11.0. The van der Waals surface area contributed by atoms with E-state index in [-0.39, 0.29) is 0 Å². The summed E-state index contributed by atoms with van der Waals surface area (Å²) >= 11 is 0. The summed E-state index contributed by atoms with van der Waals surface area (Å²) in [7, 11) is 0. The fourth-order valence-electron chi connectivity index (χ4n) is 1.32. The first-order valence-corrected chi connectivity index (χ1v) is 5.72. The Morgan fingerprint density at radius 2 is 0.783 bits per heavy atom. The van der Waals surface area contributed by atoms with Crippen molar-refractivity contribution in [2.24, 2.45) is 0 Å². The zero-order valence-corrected chi connectivity index (χ0v) is 11.0. The molecule has 0 heterocycles. The van der Waals surface area contributed by atoms with Crippen molar-refractivity contribution in [3.05, 3.63) is 0 Å². The summed E-state index contributed by atoms with van der Waals surface area (Å²) in [5.74, 6) is -30.5. The molecule has 0 amide bonds. The molecule has 0 radical (unpaired) electrons. The first kappa shape index (κ1) is 22.1.